The fraction of sp³-hybridized carbons (Fsp3) is 0.316. The van der Waals surface area contributed by atoms with Gasteiger partial charge in [0.15, 0.2) is 6.29 Å². The van der Waals surface area contributed by atoms with E-state index in [4.69, 9.17) is 9.47 Å². The second-order valence-corrected chi connectivity index (χ2v) is 5.87. The van der Waals surface area contributed by atoms with Gasteiger partial charge in [-0.15, -0.1) is 0 Å². The summed E-state index contributed by atoms with van der Waals surface area (Å²) < 4.78 is 49.8. The van der Waals surface area contributed by atoms with Crippen LogP contribution in [0.25, 0.3) is 11.1 Å². The molecule has 2 aromatic carbocycles. The van der Waals surface area contributed by atoms with Crippen LogP contribution in [0.5, 0.6) is 11.5 Å². The summed E-state index contributed by atoms with van der Waals surface area (Å²) >= 11 is 0. The molecule has 25 heavy (non-hydrogen) atoms. The van der Waals surface area contributed by atoms with Crippen LogP contribution < -0.4 is 9.47 Å². The van der Waals surface area contributed by atoms with Crippen molar-refractivity contribution < 1.29 is 27.4 Å². The van der Waals surface area contributed by atoms with Gasteiger partial charge in [-0.25, -0.2) is 0 Å². The largest absolute Gasteiger partial charge is 0.496 e. The lowest BCUT2D eigenvalue weighted by molar-refractivity contribution is -0.138. The lowest BCUT2D eigenvalue weighted by atomic mass is 9.92. The third kappa shape index (κ3) is 3.78. The summed E-state index contributed by atoms with van der Waals surface area (Å²) in [6.07, 6.45) is -4.21. The molecule has 2 aromatic rings. The average molecular weight is 352 g/mol. The molecule has 0 unspecified atom stereocenters. The van der Waals surface area contributed by atoms with Gasteiger partial charge in [-0.05, 0) is 41.3 Å². The third-order valence-electron chi connectivity index (χ3n) is 3.98. The molecular formula is C19H19F3O3. The number of rotatable bonds is 5. The van der Waals surface area contributed by atoms with Crippen molar-refractivity contribution in [1.82, 2.24) is 0 Å². The van der Waals surface area contributed by atoms with Crippen molar-refractivity contribution in [3.8, 4) is 22.6 Å². The first-order chi connectivity index (χ1) is 11.7. The van der Waals surface area contributed by atoms with Gasteiger partial charge in [0.1, 0.15) is 11.5 Å². The summed E-state index contributed by atoms with van der Waals surface area (Å²) in [5.41, 5.74) is 0.792. The molecule has 0 saturated heterocycles. The van der Waals surface area contributed by atoms with Crippen LogP contribution in [0.4, 0.5) is 13.2 Å². The van der Waals surface area contributed by atoms with Crippen LogP contribution in [0.2, 0.25) is 0 Å². The lowest BCUT2D eigenvalue weighted by Crippen LogP contribution is -2.09. The van der Waals surface area contributed by atoms with Crippen molar-refractivity contribution in [1.29, 1.82) is 0 Å². The van der Waals surface area contributed by atoms with E-state index in [0.717, 1.165) is 18.7 Å². The molecule has 0 amide bonds. The molecule has 0 spiro atoms. The minimum Gasteiger partial charge on any atom is -0.496 e. The molecule has 6 heteroatoms. The minimum absolute atomic E-state index is 0.0765. The fourth-order valence-electron chi connectivity index (χ4n) is 2.61. The van der Waals surface area contributed by atoms with Gasteiger partial charge in [-0.1, -0.05) is 19.9 Å². The van der Waals surface area contributed by atoms with E-state index in [0.29, 0.717) is 23.2 Å². The maximum atomic E-state index is 13.2. The Bertz CT molecular complexity index is 780. The van der Waals surface area contributed by atoms with E-state index in [2.05, 4.69) is 0 Å². The summed E-state index contributed by atoms with van der Waals surface area (Å²) in [6, 6.07) is 7.48. The molecule has 2 rings (SSSR count). The maximum Gasteiger partial charge on any atom is 0.419 e. The Morgan fingerprint density at radius 1 is 0.960 bits per heavy atom. The molecule has 0 radical (unpaired) electrons. The van der Waals surface area contributed by atoms with Crippen molar-refractivity contribution >= 4 is 6.29 Å². The molecule has 0 atom stereocenters. The Hall–Kier alpha value is -2.50. The zero-order chi connectivity index (χ0) is 18.8. The normalized spacial score (nSPS) is 11.5. The molecule has 134 valence electrons. The van der Waals surface area contributed by atoms with Crippen molar-refractivity contribution in [2.45, 2.75) is 25.9 Å². The van der Waals surface area contributed by atoms with E-state index in [1.165, 1.54) is 13.2 Å². The Morgan fingerprint density at radius 2 is 1.60 bits per heavy atom. The number of benzene rings is 2. The predicted molar refractivity (Wildman–Crippen MR) is 89.5 cm³/mol. The summed E-state index contributed by atoms with van der Waals surface area (Å²) in [6.45, 7) is 4.00. The Balaban J connectivity index is 2.78. The SMILES string of the molecule is COc1ccc(C(C)C)cc1-c1cc(OC)c(C(F)(F)F)cc1C=O. The number of hydrogen-bond donors (Lipinski definition) is 0. The number of alkyl halides is 3. The van der Waals surface area contributed by atoms with Crippen LogP contribution in [-0.2, 0) is 6.18 Å². The van der Waals surface area contributed by atoms with Crippen LogP contribution in [-0.4, -0.2) is 20.5 Å². The van der Waals surface area contributed by atoms with E-state index >= 15 is 0 Å². The zero-order valence-electron chi connectivity index (χ0n) is 14.4. The second kappa shape index (κ2) is 7.17. The monoisotopic (exact) mass is 352 g/mol. The maximum absolute atomic E-state index is 13.2. The van der Waals surface area contributed by atoms with Crippen molar-refractivity contribution in [3.63, 3.8) is 0 Å². The number of methoxy groups -OCH3 is 2. The van der Waals surface area contributed by atoms with Gasteiger partial charge in [0.05, 0.1) is 19.8 Å². The van der Waals surface area contributed by atoms with Crippen LogP contribution in [0, 0.1) is 0 Å². The molecule has 0 saturated carbocycles. The minimum atomic E-state index is -4.62. The molecule has 0 aliphatic rings. The lowest BCUT2D eigenvalue weighted by Gasteiger charge is -2.18. The molecule has 0 aliphatic heterocycles. The standard InChI is InChI=1S/C19H19F3O3/c1-11(2)12-5-6-17(24-3)15(7-12)14-9-18(25-4)16(19(20,21)22)8-13(14)10-23/h5-11H,1-4H3. The van der Waals surface area contributed by atoms with Crippen molar-refractivity contribution in [3.05, 3.63) is 47.0 Å². The van der Waals surface area contributed by atoms with Gasteiger partial charge in [-0.3, -0.25) is 4.79 Å². The molecule has 0 bridgehead atoms. The first kappa shape index (κ1) is 18.8. The van der Waals surface area contributed by atoms with Gasteiger partial charge in [-0.2, -0.15) is 13.2 Å². The number of carbonyl (C=O) groups excluding carboxylic acids is 1. The molecule has 0 aromatic heterocycles. The number of aldehydes is 1. The smallest absolute Gasteiger partial charge is 0.419 e. The van der Waals surface area contributed by atoms with Gasteiger partial charge < -0.3 is 9.47 Å². The molecule has 0 heterocycles. The van der Waals surface area contributed by atoms with E-state index < -0.39 is 11.7 Å². The van der Waals surface area contributed by atoms with Gasteiger partial charge in [0.2, 0.25) is 0 Å². The summed E-state index contributed by atoms with van der Waals surface area (Å²) in [7, 11) is 2.63. The summed E-state index contributed by atoms with van der Waals surface area (Å²) in [4.78, 5) is 11.4. The highest BCUT2D eigenvalue weighted by atomic mass is 19.4. The highest BCUT2D eigenvalue weighted by molar-refractivity contribution is 5.90. The summed E-state index contributed by atoms with van der Waals surface area (Å²) in [5, 5.41) is 0. The first-order valence-corrected chi connectivity index (χ1v) is 7.65. The van der Waals surface area contributed by atoms with Crippen LogP contribution in [0.15, 0.2) is 30.3 Å². The van der Waals surface area contributed by atoms with Crippen molar-refractivity contribution in [2.75, 3.05) is 14.2 Å². The average Bonchev–Trinajstić information content (AvgIpc) is 2.58. The highest BCUT2D eigenvalue weighted by Crippen LogP contribution is 2.42. The van der Waals surface area contributed by atoms with Gasteiger partial charge >= 0.3 is 6.18 Å². The van der Waals surface area contributed by atoms with Crippen LogP contribution in [0.1, 0.15) is 41.3 Å². The molecular weight excluding hydrogens is 333 g/mol. The topological polar surface area (TPSA) is 35.5 Å². The fourth-order valence-corrected chi connectivity index (χ4v) is 2.61. The number of ether oxygens (including phenoxy) is 2. The van der Waals surface area contributed by atoms with Crippen LogP contribution in [0.3, 0.4) is 0 Å². The zero-order valence-corrected chi connectivity index (χ0v) is 14.4. The van der Waals surface area contributed by atoms with Gasteiger partial charge in [0.25, 0.3) is 0 Å². The molecule has 0 N–H and O–H groups in total. The Morgan fingerprint density at radius 3 is 2.08 bits per heavy atom. The molecule has 0 aliphatic carbocycles. The Kier molecular flexibility index (Phi) is 5.40. The van der Waals surface area contributed by atoms with E-state index in [1.54, 1.807) is 6.07 Å². The number of halogens is 3. The Labute approximate surface area is 144 Å². The third-order valence-corrected chi connectivity index (χ3v) is 3.98. The first-order valence-electron chi connectivity index (χ1n) is 7.65. The highest BCUT2D eigenvalue weighted by Gasteiger charge is 2.35. The van der Waals surface area contributed by atoms with E-state index in [9.17, 15) is 18.0 Å². The van der Waals surface area contributed by atoms with Crippen molar-refractivity contribution in [2.24, 2.45) is 0 Å². The molecule has 3 nitrogen and oxygen atoms in total. The second-order valence-electron chi connectivity index (χ2n) is 5.87. The number of carbonyl (C=O) groups is 1. The van der Waals surface area contributed by atoms with E-state index in [1.807, 2.05) is 26.0 Å². The van der Waals surface area contributed by atoms with Gasteiger partial charge in [0, 0.05) is 11.1 Å². The quantitative estimate of drug-likeness (QED) is 0.683. The predicted octanol–water partition coefficient (Wildman–Crippen LogP) is 5.33. The summed E-state index contributed by atoms with van der Waals surface area (Å²) in [5.74, 6) is 0.333. The number of hydrogen-bond acceptors (Lipinski definition) is 3. The molecule has 0 fully saturated rings. The van der Waals surface area contributed by atoms with Crippen LogP contribution >= 0.6 is 0 Å². The van der Waals surface area contributed by atoms with E-state index in [-0.39, 0.29) is 17.2 Å².